The quantitative estimate of drug-likeness (QED) is 0.908. The maximum absolute atomic E-state index is 11.5. The molecule has 1 aliphatic rings. The molecule has 5 nitrogen and oxygen atoms in total. The van der Waals surface area contributed by atoms with Gasteiger partial charge in [0, 0.05) is 18.5 Å². The number of hydrogen-bond acceptors (Lipinski definition) is 4. The third kappa shape index (κ3) is 3.96. The Morgan fingerprint density at radius 1 is 1.45 bits per heavy atom. The Morgan fingerprint density at radius 2 is 2.25 bits per heavy atom. The lowest BCUT2D eigenvalue weighted by atomic mass is 10.1. The summed E-state index contributed by atoms with van der Waals surface area (Å²) < 4.78 is 28.7. The van der Waals surface area contributed by atoms with E-state index < -0.39 is 9.84 Å². The fourth-order valence-electron chi connectivity index (χ4n) is 2.33. The van der Waals surface area contributed by atoms with E-state index in [1.807, 2.05) is 0 Å². The molecule has 1 atom stereocenters. The fraction of sp³-hybridized carbons (Fsp3) is 0.500. The number of rotatable bonds is 4. The van der Waals surface area contributed by atoms with Crippen molar-refractivity contribution in [3.05, 3.63) is 29.8 Å². The number of benzene rings is 1. The van der Waals surface area contributed by atoms with Gasteiger partial charge in [0.15, 0.2) is 9.84 Å². The smallest absolute Gasteiger partial charge is 0.251 e. The number of sulfone groups is 1. The fourth-order valence-corrected chi connectivity index (χ4v) is 4.09. The van der Waals surface area contributed by atoms with E-state index in [1.165, 1.54) is 0 Å². The molecule has 2 rings (SSSR count). The first-order valence-corrected chi connectivity index (χ1v) is 8.48. The average Bonchev–Trinajstić information content (AvgIpc) is 2.43. The van der Waals surface area contributed by atoms with E-state index in [9.17, 15) is 13.2 Å². The van der Waals surface area contributed by atoms with E-state index in [4.69, 9.17) is 4.74 Å². The normalized spacial score (nSPS) is 21.1. The summed E-state index contributed by atoms with van der Waals surface area (Å²) >= 11 is 0. The van der Waals surface area contributed by atoms with Gasteiger partial charge in [-0.2, -0.15) is 0 Å². The van der Waals surface area contributed by atoms with E-state index in [2.05, 4.69) is 5.32 Å². The van der Waals surface area contributed by atoms with Crippen molar-refractivity contribution >= 4 is 15.7 Å². The van der Waals surface area contributed by atoms with Crippen LogP contribution in [0.3, 0.4) is 0 Å². The number of carbonyl (C=O) groups excluding carboxylic acids is 1. The number of hydrogen-bond donors (Lipinski definition) is 1. The van der Waals surface area contributed by atoms with Crippen molar-refractivity contribution in [3.8, 4) is 5.75 Å². The minimum atomic E-state index is -2.91. The lowest BCUT2D eigenvalue weighted by Crippen LogP contribution is -2.29. The molecule has 1 unspecified atom stereocenters. The third-order valence-electron chi connectivity index (χ3n) is 3.37. The van der Waals surface area contributed by atoms with Crippen LogP contribution in [0.5, 0.6) is 5.75 Å². The third-order valence-corrected chi connectivity index (χ3v) is 5.26. The summed E-state index contributed by atoms with van der Waals surface area (Å²) in [5.74, 6) is 0.944. The Hall–Kier alpha value is -1.56. The zero-order valence-corrected chi connectivity index (χ0v) is 12.3. The van der Waals surface area contributed by atoms with E-state index in [-0.39, 0.29) is 23.3 Å². The predicted octanol–water partition coefficient (Wildman–Crippen LogP) is 1.25. The zero-order chi connectivity index (χ0) is 14.6. The second kappa shape index (κ2) is 6.26. The highest BCUT2D eigenvalue weighted by Crippen LogP contribution is 2.20. The van der Waals surface area contributed by atoms with Crippen LogP contribution in [0.2, 0.25) is 0 Å². The molecule has 1 aliphatic heterocycles. The lowest BCUT2D eigenvalue weighted by molar-refractivity contribution is 0.0962. The van der Waals surface area contributed by atoms with Gasteiger partial charge in [-0.3, -0.25) is 4.79 Å². The van der Waals surface area contributed by atoms with Gasteiger partial charge in [0.1, 0.15) is 5.75 Å². The van der Waals surface area contributed by atoms with Gasteiger partial charge in [0.25, 0.3) is 5.91 Å². The Balaban J connectivity index is 1.95. The molecule has 1 heterocycles. The summed E-state index contributed by atoms with van der Waals surface area (Å²) in [5.41, 5.74) is 0.529. The van der Waals surface area contributed by atoms with Crippen LogP contribution in [0.1, 0.15) is 23.2 Å². The highest BCUT2D eigenvalue weighted by molar-refractivity contribution is 7.91. The number of ether oxygens (including phenoxy) is 1. The van der Waals surface area contributed by atoms with Crippen molar-refractivity contribution in [1.82, 2.24) is 5.32 Å². The largest absolute Gasteiger partial charge is 0.493 e. The van der Waals surface area contributed by atoms with Crippen molar-refractivity contribution in [1.29, 1.82) is 0 Å². The van der Waals surface area contributed by atoms with Crippen LogP contribution >= 0.6 is 0 Å². The molecular weight excluding hydrogens is 278 g/mol. The first kappa shape index (κ1) is 14.8. The van der Waals surface area contributed by atoms with Gasteiger partial charge in [0.2, 0.25) is 0 Å². The molecular formula is C14H19NO4S. The van der Waals surface area contributed by atoms with Gasteiger partial charge in [-0.1, -0.05) is 6.07 Å². The Morgan fingerprint density at radius 3 is 2.95 bits per heavy atom. The first-order valence-electron chi connectivity index (χ1n) is 6.65. The van der Waals surface area contributed by atoms with Crippen LogP contribution in [0.4, 0.5) is 0 Å². The highest BCUT2D eigenvalue weighted by Gasteiger charge is 2.25. The van der Waals surface area contributed by atoms with Gasteiger partial charge < -0.3 is 10.1 Å². The van der Waals surface area contributed by atoms with Crippen molar-refractivity contribution in [2.45, 2.75) is 12.8 Å². The second-order valence-corrected chi connectivity index (χ2v) is 7.27. The van der Waals surface area contributed by atoms with E-state index >= 15 is 0 Å². The Labute approximate surface area is 119 Å². The molecule has 1 fully saturated rings. The maximum atomic E-state index is 11.5. The number of nitrogens with one attached hydrogen (secondary N) is 1. The van der Waals surface area contributed by atoms with Gasteiger partial charge in [-0.25, -0.2) is 8.42 Å². The molecule has 0 saturated carbocycles. The standard InChI is InChI=1S/C14H19NO4S/c1-15-14(16)12-5-2-6-13(8-12)19-9-11-4-3-7-20(17,18)10-11/h2,5-6,8,11H,3-4,7,9-10H2,1H3,(H,15,16). The minimum Gasteiger partial charge on any atom is -0.493 e. The summed E-state index contributed by atoms with van der Waals surface area (Å²) in [6.45, 7) is 0.371. The van der Waals surface area contributed by atoms with E-state index in [0.29, 0.717) is 24.3 Å². The summed E-state index contributed by atoms with van der Waals surface area (Å²) in [6, 6.07) is 6.88. The summed E-state index contributed by atoms with van der Waals surface area (Å²) in [4.78, 5) is 11.5. The molecule has 1 aromatic rings. The molecule has 1 N–H and O–H groups in total. The monoisotopic (exact) mass is 297 g/mol. The molecule has 0 spiro atoms. The molecule has 0 bridgehead atoms. The van der Waals surface area contributed by atoms with Crippen molar-refractivity contribution in [3.63, 3.8) is 0 Å². The second-order valence-electron chi connectivity index (χ2n) is 5.04. The zero-order valence-electron chi connectivity index (χ0n) is 11.5. The predicted molar refractivity (Wildman–Crippen MR) is 76.7 cm³/mol. The SMILES string of the molecule is CNC(=O)c1cccc(OCC2CCCS(=O)(=O)C2)c1. The molecule has 6 heteroatoms. The van der Waals surface area contributed by atoms with Crippen LogP contribution in [0.25, 0.3) is 0 Å². The van der Waals surface area contributed by atoms with Crippen molar-refractivity contribution in [2.75, 3.05) is 25.2 Å². The molecule has 110 valence electrons. The van der Waals surface area contributed by atoms with Crippen LogP contribution in [-0.4, -0.2) is 39.5 Å². The van der Waals surface area contributed by atoms with Crippen LogP contribution in [-0.2, 0) is 9.84 Å². The first-order chi connectivity index (χ1) is 9.50. The summed E-state index contributed by atoms with van der Waals surface area (Å²) in [6.07, 6.45) is 1.57. The Kier molecular flexibility index (Phi) is 4.65. The van der Waals surface area contributed by atoms with Crippen LogP contribution < -0.4 is 10.1 Å². The van der Waals surface area contributed by atoms with Crippen molar-refractivity contribution in [2.24, 2.45) is 5.92 Å². The topological polar surface area (TPSA) is 72.5 Å². The van der Waals surface area contributed by atoms with Gasteiger partial charge in [-0.05, 0) is 31.0 Å². The molecule has 1 amide bonds. The van der Waals surface area contributed by atoms with Crippen LogP contribution in [0.15, 0.2) is 24.3 Å². The molecule has 0 aromatic heterocycles. The Bertz CT molecular complexity index is 583. The van der Waals surface area contributed by atoms with E-state index in [0.717, 1.165) is 6.42 Å². The minimum absolute atomic E-state index is 0.0393. The molecule has 1 saturated heterocycles. The van der Waals surface area contributed by atoms with Crippen LogP contribution in [0, 0.1) is 5.92 Å². The molecule has 0 radical (unpaired) electrons. The summed E-state index contributed by atoms with van der Waals surface area (Å²) in [7, 11) is -1.33. The maximum Gasteiger partial charge on any atom is 0.251 e. The molecule has 20 heavy (non-hydrogen) atoms. The number of carbonyl (C=O) groups is 1. The van der Waals surface area contributed by atoms with Gasteiger partial charge >= 0.3 is 0 Å². The lowest BCUT2D eigenvalue weighted by Gasteiger charge is -2.22. The summed E-state index contributed by atoms with van der Waals surface area (Å²) in [5, 5.41) is 2.55. The highest BCUT2D eigenvalue weighted by atomic mass is 32.2. The molecule has 1 aromatic carbocycles. The number of amides is 1. The van der Waals surface area contributed by atoms with E-state index in [1.54, 1.807) is 31.3 Å². The molecule has 0 aliphatic carbocycles. The van der Waals surface area contributed by atoms with Gasteiger partial charge in [-0.15, -0.1) is 0 Å². The van der Waals surface area contributed by atoms with Gasteiger partial charge in [0.05, 0.1) is 18.1 Å². The average molecular weight is 297 g/mol. The van der Waals surface area contributed by atoms with Crippen molar-refractivity contribution < 1.29 is 17.9 Å².